The van der Waals surface area contributed by atoms with E-state index in [1.165, 1.54) is 4.90 Å². The third kappa shape index (κ3) is 7.62. The SMILES string of the molecule is NC(=O)C1(N(CCNCCN(C(CC(=O)O)C(=O)O)C2(C(N)=O)CCCCC2)CC(=O)O)CCCCC1. The van der Waals surface area contributed by atoms with E-state index >= 15 is 0 Å². The highest BCUT2D eigenvalue weighted by atomic mass is 16.4. The Morgan fingerprint density at radius 2 is 1.22 bits per heavy atom. The largest absolute Gasteiger partial charge is 0.481 e. The van der Waals surface area contributed by atoms with Gasteiger partial charge in [-0.1, -0.05) is 38.5 Å². The molecular weight excluding hydrogens is 486 g/mol. The molecule has 13 heteroatoms. The van der Waals surface area contributed by atoms with Gasteiger partial charge in [0.2, 0.25) is 11.8 Å². The van der Waals surface area contributed by atoms with Crippen LogP contribution in [0.2, 0.25) is 0 Å². The number of carboxylic acid groups (broad SMARTS) is 3. The summed E-state index contributed by atoms with van der Waals surface area (Å²) in [4.78, 5) is 63.0. The second-order valence-corrected chi connectivity index (χ2v) is 10.1. The maximum Gasteiger partial charge on any atom is 0.321 e. The van der Waals surface area contributed by atoms with E-state index in [4.69, 9.17) is 11.5 Å². The highest BCUT2D eigenvalue weighted by Gasteiger charge is 2.48. The van der Waals surface area contributed by atoms with Crippen molar-refractivity contribution in [1.29, 1.82) is 0 Å². The predicted octanol–water partition coefficient (Wildman–Crippen LogP) is -0.431. The summed E-state index contributed by atoms with van der Waals surface area (Å²) in [6, 6.07) is -1.44. The van der Waals surface area contributed by atoms with Crippen LogP contribution in [-0.4, -0.2) is 105 Å². The molecule has 2 amide bonds. The van der Waals surface area contributed by atoms with Crippen LogP contribution < -0.4 is 16.8 Å². The first kappa shape index (κ1) is 30.5. The Labute approximate surface area is 216 Å². The van der Waals surface area contributed by atoms with Crippen LogP contribution in [0.4, 0.5) is 0 Å². The summed E-state index contributed by atoms with van der Waals surface area (Å²) in [5.41, 5.74) is 9.21. The van der Waals surface area contributed by atoms with Gasteiger partial charge >= 0.3 is 17.9 Å². The number of primary amides is 2. The number of hydrogen-bond acceptors (Lipinski definition) is 8. The number of hydrogen-bond donors (Lipinski definition) is 6. The molecule has 0 saturated heterocycles. The molecule has 37 heavy (non-hydrogen) atoms. The third-order valence-electron chi connectivity index (χ3n) is 7.88. The number of nitrogens with two attached hydrogens (primary N) is 2. The molecule has 2 rings (SSSR count). The van der Waals surface area contributed by atoms with E-state index in [1.54, 1.807) is 4.90 Å². The molecule has 2 aliphatic carbocycles. The molecule has 0 aromatic carbocycles. The van der Waals surface area contributed by atoms with Gasteiger partial charge in [0.05, 0.1) is 13.0 Å². The zero-order valence-corrected chi connectivity index (χ0v) is 21.3. The van der Waals surface area contributed by atoms with Crippen molar-refractivity contribution >= 4 is 29.7 Å². The van der Waals surface area contributed by atoms with E-state index in [0.29, 0.717) is 38.5 Å². The van der Waals surface area contributed by atoms with Gasteiger partial charge in [-0.15, -0.1) is 0 Å². The topological polar surface area (TPSA) is 217 Å². The second-order valence-electron chi connectivity index (χ2n) is 10.1. The lowest BCUT2D eigenvalue weighted by Gasteiger charge is -2.46. The number of aliphatic carboxylic acids is 3. The fourth-order valence-corrected chi connectivity index (χ4v) is 5.98. The number of carbonyl (C=O) groups is 5. The van der Waals surface area contributed by atoms with Crippen LogP contribution in [0.5, 0.6) is 0 Å². The number of nitrogens with zero attached hydrogens (tertiary/aromatic N) is 2. The van der Waals surface area contributed by atoms with E-state index in [9.17, 15) is 39.3 Å². The first-order chi connectivity index (χ1) is 17.5. The zero-order chi connectivity index (χ0) is 27.6. The van der Waals surface area contributed by atoms with Crippen molar-refractivity contribution in [2.24, 2.45) is 11.5 Å². The molecule has 1 atom stereocenters. The summed E-state index contributed by atoms with van der Waals surface area (Å²) in [6.45, 7) is 0.390. The van der Waals surface area contributed by atoms with Crippen molar-refractivity contribution in [1.82, 2.24) is 15.1 Å². The Morgan fingerprint density at radius 3 is 1.65 bits per heavy atom. The lowest BCUT2D eigenvalue weighted by Crippen LogP contribution is -2.64. The third-order valence-corrected chi connectivity index (χ3v) is 7.88. The second kappa shape index (κ2) is 13.7. The van der Waals surface area contributed by atoms with E-state index in [1.807, 2.05) is 0 Å². The Kier molecular flexibility index (Phi) is 11.3. The molecule has 2 aliphatic rings. The molecule has 210 valence electrons. The smallest absolute Gasteiger partial charge is 0.321 e. The molecule has 2 fully saturated rings. The lowest BCUT2D eigenvalue weighted by atomic mass is 9.78. The number of nitrogens with one attached hydrogen (secondary N) is 1. The van der Waals surface area contributed by atoms with Gasteiger partial charge in [-0.05, 0) is 25.7 Å². The van der Waals surface area contributed by atoms with Gasteiger partial charge in [-0.3, -0.25) is 33.8 Å². The quantitative estimate of drug-likeness (QED) is 0.141. The van der Waals surface area contributed by atoms with Gasteiger partial charge in [0.25, 0.3) is 0 Å². The average Bonchev–Trinajstić information content (AvgIpc) is 2.84. The predicted molar refractivity (Wildman–Crippen MR) is 132 cm³/mol. The maximum atomic E-state index is 12.6. The summed E-state index contributed by atoms with van der Waals surface area (Å²) < 4.78 is 0. The van der Waals surface area contributed by atoms with Gasteiger partial charge in [-0.2, -0.15) is 0 Å². The molecule has 0 aromatic rings. The minimum absolute atomic E-state index is 0.0487. The number of carbonyl (C=O) groups excluding carboxylic acids is 2. The molecule has 0 heterocycles. The van der Waals surface area contributed by atoms with Crippen LogP contribution in [0.3, 0.4) is 0 Å². The Bertz CT molecular complexity index is 839. The zero-order valence-electron chi connectivity index (χ0n) is 21.3. The molecule has 13 nitrogen and oxygen atoms in total. The fourth-order valence-electron chi connectivity index (χ4n) is 5.98. The molecule has 2 saturated carbocycles. The molecular formula is C24H41N5O8. The standard InChI is InChI=1S/C24H41N5O8/c25-21(36)23(7-3-1-4-8-23)28(16-19(32)33)13-11-27-12-14-29(17(20(34)35)15-18(30)31)24(22(26)37)9-5-2-6-10-24/h17,27H,1-16H2,(H2,25,36)(H2,26,37)(H,30,31)(H,32,33)(H,34,35). The summed E-state index contributed by atoms with van der Waals surface area (Å²) in [6.07, 6.45) is 5.70. The average molecular weight is 528 g/mol. The highest BCUT2D eigenvalue weighted by molar-refractivity contribution is 5.87. The van der Waals surface area contributed by atoms with Crippen LogP contribution in [0.15, 0.2) is 0 Å². The molecule has 0 spiro atoms. The Hall–Kier alpha value is -2.77. The fraction of sp³-hybridized carbons (Fsp3) is 0.792. The summed E-state index contributed by atoms with van der Waals surface area (Å²) in [5.74, 6) is -4.93. The van der Waals surface area contributed by atoms with Gasteiger partial charge < -0.3 is 32.1 Å². The van der Waals surface area contributed by atoms with Crippen LogP contribution in [0.1, 0.15) is 70.6 Å². The Balaban J connectivity index is 2.14. The molecule has 1 unspecified atom stereocenters. The van der Waals surface area contributed by atoms with Crippen LogP contribution in [-0.2, 0) is 24.0 Å². The number of amides is 2. The van der Waals surface area contributed by atoms with Crippen molar-refractivity contribution in [2.75, 3.05) is 32.7 Å². The summed E-state index contributed by atoms with van der Waals surface area (Å²) >= 11 is 0. The van der Waals surface area contributed by atoms with Crippen LogP contribution in [0.25, 0.3) is 0 Å². The number of carboxylic acids is 3. The molecule has 8 N–H and O–H groups in total. The van der Waals surface area contributed by atoms with Gasteiger partial charge in [-0.25, -0.2) is 0 Å². The highest BCUT2D eigenvalue weighted by Crippen LogP contribution is 2.36. The summed E-state index contributed by atoms with van der Waals surface area (Å²) in [7, 11) is 0. The molecule has 0 aromatic heterocycles. The number of rotatable bonds is 16. The van der Waals surface area contributed by atoms with E-state index in [-0.39, 0.29) is 32.7 Å². The van der Waals surface area contributed by atoms with Gasteiger partial charge in [0.15, 0.2) is 0 Å². The monoisotopic (exact) mass is 527 g/mol. The maximum absolute atomic E-state index is 12.6. The van der Waals surface area contributed by atoms with Crippen molar-refractivity contribution in [2.45, 2.75) is 87.7 Å². The van der Waals surface area contributed by atoms with Crippen LogP contribution in [0, 0.1) is 0 Å². The van der Waals surface area contributed by atoms with Crippen LogP contribution >= 0.6 is 0 Å². The van der Waals surface area contributed by atoms with Gasteiger partial charge in [0, 0.05) is 26.2 Å². The minimum Gasteiger partial charge on any atom is -0.481 e. The molecule has 0 bridgehead atoms. The Morgan fingerprint density at radius 1 is 0.730 bits per heavy atom. The molecule has 0 radical (unpaired) electrons. The van der Waals surface area contributed by atoms with Crippen molar-refractivity contribution < 1.29 is 39.3 Å². The first-order valence-electron chi connectivity index (χ1n) is 12.9. The van der Waals surface area contributed by atoms with E-state index in [0.717, 1.165) is 25.7 Å². The van der Waals surface area contributed by atoms with E-state index < -0.39 is 53.3 Å². The van der Waals surface area contributed by atoms with Crippen molar-refractivity contribution in [3.63, 3.8) is 0 Å². The molecule has 0 aliphatic heterocycles. The van der Waals surface area contributed by atoms with Crippen molar-refractivity contribution in [3.05, 3.63) is 0 Å². The lowest BCUT2D eigenvalue weighted by molar-refractivity contribution is -0.156. The normalized spacial score (nSPS) is 19.8. The minimum atomic E-state index is -1.44. The summed E-state index contributed by atoms with van der Waals surface area (Å²) in [5, 5.41) is 31.7. The van der Waals surface area contributed by atoms with E-state index in [2.05, 4.69) is 5.32 Å². The van der Waals surface area contributed by atoms with Crippen molar-refractivity contribution in [3.8, 4) is 0 Å². The van der Waals surface area contributed by atoms with Gasteiger partial charge in [0.1, 0.15) is 17.1 Å². The first-order valence-corrected chi connectivity index (χ1v) is 12.9.